The molecule has 0 radical (unpaired) electrons. The molecule has 0 spiro atoms. The number of aromatic nitrogens is 2. The number of para-hydroxylation sites is 3. The number of benzene rings is 3. The highest BCUT2D eigenvalue weighted by Crippen LogP contribution is 2.33. The van der Waals surface area contributed by atoms with Gasteiger partial charge in [0.15, 0.2) is 0 Å². The van der Waals surface area contributed by atoms with Crippen LogP contribution in [0, 0.1) is 0 Å². The van der Waals surface area contributed by atoms with Crippen molar-refractivity contribution in [2.45, 2.75) is 38.6 Å². The Bertz CT molecular complexity index is 1320. The van der Waals surface area contributed by atoms with Gasteiger partial charge in [-0.25, -0.2) is 4.98 Å². The van der Waals surface area contributed by atoms with E-state index in [-0.39, 0.29) is 11.6 Å². The molecule has 5 rings (SSSR count). The summed E-state index contributed by atoms with van der Waals surface area (Å²) in [7, 11) is 0. The lowest BCUT2D eigenvalue weighted by atomic mass is 10.00. The highest BCUT2D eigenvalue weighted by molar-refractivity contribution is 5.76. The van der Waals surface area contributed by atoms with Gasteiger partial charge >= 0.3 is 0 Å². The molecule has 0 bridgehead atoms. The van der Waals surface area contributed by atoms with E-state index < -0.39 is 0 Å². The van der Waals surface area contributed by atoms with Crippen LogP contribution < -0.4 is 10.5 Å². The van der Waals surface area contributed by atoms with Crippen molar-refractivity contribution >= 4 is 22.3 Å². The third kappa shape index (κ3) is 5.01. The van der Waals surface area contributed by atoms with Gasteiger partial charge in [-0.2, -0.15) is 0 Å². The molecule has 0 amide bonds. The molecule has 1 aliphatic heterocycles. The zero-order chi connectivity index (χ0) is 24.2. The van der Waals surface area contributed by atoms with Gasteiger partial charge in [0.2, 0.25) is 0 Å². The quantitative estimate of drug-likeness (QED) is 0.335. The Morgan fingerprint density at radius 3 is 2.37 bits per heavy atom. The van der Waals surface area contributed by atoms with Crippen LogP contribution in [0.5, 0.6) is 0 Å². The molecule has 1 fully saturated rings. The van der Waals surface area contributed by atoms with E-state index in [0.29, 0.717) is 11.3 Å². The molecule has 0 N–H and O–H groups in total. The van der Waals surface area contributed by atoms with Crippen LogP contribution in [0.1, 0.15) is 44.2 Å². The summed E-state index contributed by atoms with van der Waals surface area (Å²) in [6, 6.07) is 27.3. The number of piperidine rings is 1. The molecule has 2 heterocycles. The number of hydrogen-bond acceptors (Lipinski definition) is 4. The van der Waals surface area contributed by atoms with Crippen LogP contribution in [0.25, 0.3) is 10.9 Å². The van der Waals surface area contributed by atoms with Gasteiger partial charge in [0.05, 0.1) is 17.2 Å². The third-order valence-corrected chi connectivity index (χ3v) is 7.20. The van der Waals surface area contributed by atoms with Gasteiger partial charge in [0.1, 0.15) is 0 Å². The Morgan fingerprint density at radius 1 is 0.914 bits per heavy atom. The number of anilines is 2. The molecule has 3 aromatic carbocycles. The first-order valence-corrected chi connectivity index (χ1v) is 12.7. The molecule has 35 heavy (non-hydrogen) atoms. The summed E-state index contributed by atoms with van der Waals surface area (Å²) in [5.74, 6) is 0.460. The standard InChI is InChI=1S/C30H34N4O/c1-23(2)26-12-7-9-15-29(26)33(24-10-4-3-5-11-24)21-20-32-18-16-25(17-19-32)34-22-31-28-14-8-6-13-27(28)30(34)35/h3-15,22-23,25H,16-21H2,1-2H3. The van der Waals surface area contributed by atoms with Gasteiger partial charge in [-0.1, -0.05) is 62.4 Å². The van der Waals surface area contributed by atoms with Crippen molar-refractivity contribution in [2.75, 3.05) is 31.1 Å². The van der Waals surface area contributed by atoms with Crippen molar-refractivity contribution in [2.24, 2.45) is 0 Å². The maximum atomic E-state index is 13.0. The molecule has 0 atom stereocenters. The molecular formula is C30H34N4O. The predicted octanol–water partition coefficient (Wildman–Crippen LogP) is 6.00. The Hall–Kier alpha value is -3.44. The second kappa shape index (κ2) is 10.4. The maximum Gasteiger partial charge on any atom is 0.261 e. The van der Waals surface area contributed by atoms with Crippen molar-refractivity contribution in [3.63, 3.8) is 0 Å². The van der Waals surface area contributed by atoms with Crippen LogP contribution in [-0.4, -0.2) is 40.6 Å². The van der Waals surface area contributed by atoms with Crippen molar-refractivity contribution in [1.29, 1.82) is 0 Å². The van der Waals surface area contributed by atoms with Gasteiger partial charge in [0.25, 0.3) is 5.56 Å². The molecule has 4 aromatic rings. The maximum absolute atomic E-state index is 13.0. The lowest BCUT2D eigenvalue weighted by molar-refractivity contribution is 0.188. The van der Waals surface area contributed by atoms with E-state index in [1.165, 1.54) is 16.9 Å². The average molecular weight is 467 g/mol. The first kappa shape index (κ1) is 23.3. The van der Waals surface area contributed by atoms with Crippen molar-refractivity contribution in [3.05, 3.63) is 101 Å². The monoisotopic (exact) mass is 466 g/mol. The second-order valence-electron chi connectivity index (χ2n) is 9.75. The molecule has 0 unspecified atom stereocenters. The van der Waals surface area contributed by atoms with Crippen LogP contribution in [-0.2, 0) is 0 Å². The summed E-state index contributed by atoms with van der Waals surface area (Å²) >= 11 is 0. The van der Waals surface area contributed by atoms with Gasteiger partial charge < -0.3 is 9.80 Å². The van der Waals surface area contributed by atoms with E-state index in [4.69, 9.17) is 0 Å². The molecule has 1 saturated heterocycles. The van der Waals surface area contributed by atoms with E-state index in [1.807, 2.05) is 28.8 Å². The van der Waals surface area contributed by atoms with Gasteiger partial charge in [0, 0.05) is 43.6 Å². The topological polar surface area (TPSA) is 41.4 Å². The number of rotatable bonds is 7. The smallest absolute Gasteiger partial charge is 0.261 e. The first-order chi connectivity index (χ1) is 17.1. The lowest BCUT2D eigenvalue weighted by Crippen LogP contribution is -2.41. The number of fused-ring (bicyclic) bond motifs is 1. The predicted molar refractivity (Wildman–Crippen MR) is 145 cm³/mol. The van der Waals surface area contributed by atoms with Crippen molar-refractivity contribution < 1.29 is 0 Å². The molecule has 0 saturated carbocycles. The molecule has 5 nitrogen and oxygen atoms in total. The molecule has 0 aliphatic carbocycles. The van der Waals surface area contributed by atoms with E-state index in [1.54, 1.807) is 6.33 Å². The molecule has 1 aromatic heterocycles. The van der Waals surface area contributed by atoms with Gasteiger partial charge in [-0.3, -0.25) is 9.36 Å². The second-order valence-corrected chi connectivity index (χ2v) is 9.75. The Kier molecular flexibility index (Phi) is 6.96. The number of hydrogen-bond donors (Lipinski definition) is 0. The van der Waals surface area contributed by atoms with E-state index in [2.05, 4.69) is 83.2 Å². The Morgan fingerprint density at radius 2 is 1.60 bits per heavy atom. The SMILES string of the molecule is CC(C)c1ccccc1N(CCN1CCC(n2cnc3ccccc3c2=O)CC1)c1ccccc1. The van der Waals surface area contributed by atoms with Gasteiger partial charge in [-0.15, -0.1) is 0 Å². The fourth-order valence-electron chi connectivity index (χ4n) is 5.22. The molecular weight excluding hydrogens is 432 g/mol. The van der Waals surface area contributed by atoms with E-state index in [9.17, 15) is 4.79 Å². The summed E-state index contributed by atoms with van der Waals surface area (Å²) in [6.07, 6.45) is 3.67. The fourth-order valence-corrected chi connectivity index (χ4v) is 5.22. The zero-order valence-corrected chi connectivity index (χ0v) is 20.7. The normalized spacial score (nSPS) is 15.1. The number of likely N-dealkylation sites (tertiary alicyclic amines) is 1. The minimum atomic E-state index is 0.0783. The Labute approximate surface area is 207 Å². The molecule has 5 heteroatoms. The molecule has 180 valence electrons. The van der Waals surface area contributed by atoms with Crippen LogP contribution in [0.15, 0.2) is 90.0 Å². The highest BCUT2D eigenvalue weighted by atomic mass is 16.1. The highest BCUT2D eigenvalue weighted by Gasteiger charge is 2.23. The van der Waals surface area contributed by atoms with Crippen molar-refractivity contribution in [3.8, 4) is 0 Å². The minimum absolute atomic E-state index is 0.0783. The average Bonchev–Trinajstić information content (AvgIpc) is 2.90. The van der Waals surface area contributed by atoms with E-state index >= 15 is 0 Å². The summed E-state index contributed by atoms with van der Waals surface area (Å²) in [5.41, 5.74) is 4.74. The lowest BCUT2D eigenvalue weighted by Gasteiger charge is -2.35. The Balaban J connectivity index is 1.29. The summed E-state index contributed by atoms with van der Waals surface area (Å²) in [5, 5.41) is 0.708. The van der Waals surface area contributed by atoms with Crippen LogP contribution in [0.4, 0.5) is 11.4 Å². The van der Waals surface area contributed by atoms with Crippen molar-refractivity contribution in [1.82, 2.24) is 14.5 Å². The number of nitrogens with zero attached hydrogens (tertiary/aromatic N) is 4. The molecule has 1 aliphatic rings. The van der Waals surface area contributed by atoms with Crippen LogP contribution >= 0.6 is 0 Å². The zero-order valence-electron chi connectivity index (χ0n) is 20.7. The van der Waals surface area contributed by atoms with E-state index in [0.717, 1.165) is 44.5 Å². The first-order valence-electron chi connectivity index (χ1n) is 12.7. The van der Waals surface area contributed by atoms with Crippen LogP contribution in [0.2, 0.25) is 0 Å². The van der Waals surface area contributed by atoms with Gasteiger partial charge in [-0.05, 0) is 54.7 Å². The summed E-state index contributed by atoms with van der Waals surface area (Å²) in [6.45, 7) is 8.40. The minimum Gasteiger partial charge on any atom is -0.340 e. The summed E-state index contributed by atoms with van der Waals surface area (Å²) in [4.78, 5) is 22.5. The largest absolute Gasteiger partial charge is 0.340 e. The fraction of sp³-hybridized carbons (Fsp3) is 0.333. The van der Waals surface area contributed by atoms with Crippen LogP contribution in [0.3, 0.4) is 0 Å². The summed E-state index contributed by atoms with van der Waals surface area (Å²) < 4.78 is 1.86. The third-order valence-electron chi connectivity index (χ3n) is 7.20.